The molecule has 4 rings (SSSR count). The van der Waals surface area contributed by atoms with E-state index in [9.17, 15) is 13.6 Å². The summed E-state index contributed by atoms with van der Waals surface area (Å²) in [5.41, 5.74) is -0.151. The molecule has 2 atom stereocenters. The fourth-order valence-electron chi connectivity index (χ4n) is 4.00. The van der Waals surface area contributed by atoms with E-state index in [0.717, 1.165) is 19.2 Å². The Balaban J connectivity index is 1.51. The van der Waals surface area contributed by atoms with E-state index >= 15 is 0 Å². The Bertz CT molecular complexity index is 681. The number of fused-ring (bicyclic) bond motifs is 1. The molecule has 1 aromatic carbocycles. The molecule has 2 heterocycles. The van der Waals surface area contributed by atoms with E-state index in [-0.39, 0.29) is 11.6 Å². The van der Waals surface area contributed by atoms with Gasteiger partial charge in [-0.2, -0.15) is 0 Å². The smallest absolute Gasteiger partial charge is 0.257 e. The molecule has 2 aliphatic heterocycles. The number of rotatable bonds is 3. The minimum atomic E-state index is -0.939. The van der Waals surface area contributed by atoms with Gasteiger partial charge in [0, 0.05) is 25.7 Å². The van der Waals surface area contributed by atoms with Crippen LogP contribution in [0.1, 0.15) is 23.2 Å². The lowest BCUT2D eigenvalue weighted by atomic mass is 10.0. The third-order valence-electron chi connectivity index (χ3n) is 5.49. The molecule has 25 heavy (non-hydrogen) atoms. The summed E-state index contributed by atoms with van der Waals surface area (Å²) in [5.74, 6) is -1.98. The summed E-state index contributed by atoms with van der Waals surface area (Å²) in [6.45, 7) is 3.15. The number of amides is 1. The number of benzene rings is 1. The van der Waals surface area contributed by atoms with Gasteiger partial charge < -0.3 is 14.4 Å². The number of methoxy groups -OCH3 is 1. The van der Waals surface area contributed by atoms with Crippen molar-refractivity contribution in [1.82, 2.24) is 9.80 Å². The summed E-state index contributed by atoms with van der Waals surface area (Å²) >= 11 is 0. The van der Waals surface area contributed by atoms with E-state index in [1.807, 2.05) is 0 Å². The molecule has 0 N–H and O–H groups in total. The van der Waals surface area contributed by atoms with Crippen molar-refractivity contribution in [2.24, 2.45) is 5.92 Å². The van der Waals surface area contributed by atoms with Crippen molar-refractivity contribution in [3.05, 3.63) is 29.3 Å². The SMILES string of the molecule is COc1c(F)ccc(C(=O)N2CCN3[C@@H](COC[C@@H]3C3CC3)C2)c1F. The average molecular weight is 352 g/mol. The Morgan fingerprint density at radius 2 is 2.04 bits per heavy atom. The molecule has 0 unspecified atom stereocenters. The Kier molecular flexibility index (Phi) is 4.37. The third kappa shape index (κ3) is 3.00. The molecule has 136 valence electrons. The highest BCUT2D eigenvalue weighted by molar-refractivity contribution is 5.95. The van der Waals surface area contributed by atoms with Crippen LogP contribution in [-0.4, -0.2) is 67.7 Å². The van der Waals surface area contributed by atoms with Gasteiger partial charge >= 0.3 is 0 Å². The predicted octanol–water partition coefficient (Wildman–Crippen LogP) is 1.91. The average Bonchev–Trinajstić information content (AvgIpc) is 3.46. The van der Waals surface area contributed by atoms with E-state index in [1.54, 1.807) is 4.90 Å². The minimum absolute atomic E-state index is 0.141. The second kappa shape index (κ2) is 6.53. The molecule has 3 fully saturated rings. The summed E-state index contributed by atoms with van der Waals surface area (Å²) in [4.78, 5) is 16.8. The van der Waals surface area contributed by atoms with Gasteiger partial charge in [-0.15, -0.1) is 0 Å². The number of ether oxygens (including phenoxy) is 2. The molecule has 7 heteroatoms. The summed E-state index contributed by atoms with van der Waals surface area (Å²) in [6, 6.07) is 2.84. The van der Waals surface area contributed by atoms with Crippen molar-refractivity contribution in [3.63, 3.8) is 0 Å². The molecule has 0 radical (unpaired) electrons. The number of nitrogens with zero attached hydrogens (tertiary/aromatic N) is 2. The standard InChI is InChI=1S/C18H22F2N2O3/c1-24-17-14(19)5-4-13(16(17)20)18(23)21-6-7-22-12(8-21)9-25-10-15(22)11-2-3-11/h4-5,11-12,15H,2-3,6-10H2,1H3/t12-,15-/m1/s1. The van der Waals surface area contributed by atoms with Crippen molar-refractivity contribution in [2.45, 2.75) is 24.9 Å². The zero-order chi connectivity index (χ0) is 17.6. The Morgan fingerprint density at radius 1 is 1.24 bits per heavy atom. The minimum Gasteiger partial charge on any atom is -0.491 e. The molecule has 1 aromatic rings. The van der Waals surface area contributed by atoms with Gasteiger partial charge in [-0.3, -0.25) is 9.69 Å². The van der Waals surface area contributed by atoms with E-state index in [4.69, 9.17) is 9.47 Å². The molecule has 1 amide bonds. The molecule has 2 saturated heterocycles. The van der Waals surface area contributed by atoms with Gasteiger partial charge in [-0.1, -0.05) is 0 Å². The third-order valence-corrected chi connectivity index (χ3v) is 5.49. The van der Waals surface area contributed by atoms with Gasteiger partial charge in [0.15, 0.2) is 17.4 Å². The van der Waals surface area contributed by atoms with Gasteiger partial charge in [0.25, 0.3) is 5.91 Å². The maximum absolute atomic E-state index is 14.4. The van der Waals surface area contributed by atoms with Crippen LogP contribution in [0.2, 0.25) is 0 Å². The zero-order valence-electron chi connectivity index (χ0n) is 14.2. The van der Waals surface area contributed by atoms with Crippen LogP contribution in [0.5, 0.6) is 5.75 Å². The summed E-state index contributed by atoms with van der Waals surface area (Å²) in [6.07, 6.45) is 2.50. The highest BCUT2D eigenvalue weighted by Gasteiger charge is 2.43. The second-order valence-corrected chi connectivity index (χ2v) is 7.03. The molecule has 5 nitrogen and oxygen atoms in total. The number of hydrogen-bond donors (Lipinski definition) is 0. The fraction of sp³-hybridized carbons (Fsp3) is 0.611. The number of carbonyl (C=O) groups excluding carboxylic acids is 1. The summed E-state index contributed by atoms with van der Waals surface area (Å²) in [7, 11) is 1.19. The van der Waals surface area contributed by atoms with Crippen LogP contribution in [-0.2, 0) is 4.74 Å². The van der Waals surface area contributed by atoms with Gasteiger partial charge in [-0.25, -0.2) is 8.78 Å². The maximum Gasteiger partial charge on any atom is 0.257 e. The molecular weight excluding hydrogens is 330 g/mol. The van der Waals surface area contributed by atoms with Crippen molar-refractivity contribution >= 4 is 5.91 Å². The number of morpholine rings is 1. The van der Waals surface area contributed by atoms with Crippen LogP contribution in [0.3, 0.4) is 0 Å². The van der Waals surface area contributed by atoms with E-state index in [2.05, 4.69) is 4.90 Å². The summed E-state index contributed by atoms with van der Waals surface area (Å²) < 4.78 is 38.4. The molecule has 1 aliphatic carbocycles. The number of hydrogen-bond acceptors (Lipinski definition) is 4. The van der Waals surface area contributed by atoms with Gasteiger partial charge in [-0.05, 0) is 30.9 Å². The van der Waals surface area contributed by atoms with Crippen molar-refractivity contribution < 1.29 is 23.0 Å². The highest BCUT2D eigenvalue weighted by Crippen LogP contribution is 2.38. The first kappa shape index (κ1) is 16.7. The molecule has 1 saturated carbocycles. The molecule has 0 aromatic heterocycles. The van der Waals surface area contributed by atoms with Crippen LogP contribution < -0.4 is 4.74 Å². The largest absolute Gasteiger partial charge is 0.491 e. The first-order chi connectivity index (χ1) is 12.1. The first-order valence-corrected chi connectivity index (χ1v) is 8.75. The fourth-order valence-corrected chi connectivity index (χ4v) is 4.00. The lowest BCUT2D eigenvalue weighted by Crippen LogP contribution is -2.63. The molecular formula is C18H22F2N2O3. The van der Waals surface area contributed by atoms with Gasteiger partial charge in [0.1, 0.15) is 0 Å². The molecule has 3 aliphatic rings. The lowest BCUT2D eigenvalue weighted by molar-refractivity contribution is -0.0816. The molecule has 0 spiro atoms. The first-order valence-electron chi connectivity index (χ1n) is 8.75. The zero-order valence-corrected chi connectivity index (χ0v) is 14.2. The van der Waals surface area contributed by atoms with Crippen LogP contribution in [0, 0.1) is 17.6 Å². The number of piperazine rings is 1. The number of halogens is 2. The van der Waals surface area contributed by atoms with Crippen LogP contribution in [0.15, 0.2) is 12.1 Å². The lowest BCUT2D eigenvalue weighted by Gasteiger charge is -2.48. The van der Waals surface area contributed by atoms with E-state index in [0.29, 0.717) is 31.7 Å². The monoisotopic (exact) mass is 352 g/mol. The normalized spacial score (nSPS) is 27.1. The van der Waals surface area contributed by atoms with Gasteiger partial charge in [0.05, 0.1) is 31.9 Å². The summed E-state index contributed by atoms with van der Waals surface area (Å²) in [5, 5.41) is 0. The quantitative estimate of drug-likeness (QED) is 0.833. The predicted molar refractivity (Wildman–Crippen MR) is 86.6 cm³/mol. The second-order valence-electron chi connectivity index (χ2n) is 7.03. The van der Waals surface area contributed by atoms with Crippen LogP contribution in [0.4, 0.5) is 8.78 Å². The van der Waals surface area contributed by atoms with Crippen LogP contribution >= 0.6 is 0 Å². The van der Waals surface area contributed by atoms with Crippen molar-refractivity contribution in [3.8, 4) is 5.75 Å². The van der Waals surface area contributed by atoms with Crippen molar-refractivity contribution in [2.75, 3.05) is 40.0 Å². The Morgan fingerprint density at radius 3 is 2.76 bits per heavy atom. The topological polar surface area (TPSA) is 42.0 Å². The number of carbonyl (C=O) groups is 1. The maximum atomic E-state index is 14.4. The van der Waals surface area contributed by atoms with Gasteiger partial charge in [0.2, 0.25) is 0 Å². The van der Waals surface area contributed by atoms with E-state index < -0.39 is 23.3 Å². The van der Waals surface area contributed by atoms with Crippen molar-refractivity contribution in [1.29, 1.82) is 0 Å². The highest BCUT2D eigenvalue weighted by atomic mass is 19.1. The Hall–Kier alpha value is -1.73. The van der Waals surface area contributed by atoms with Crippen LogP contribution in [0.25, 0.3) is 0 Å². The Labute approximate surface area is 145 Å². The molecule has 0 bridgehead atoms. The van der Waals surface area contributed by atoms with E-state index in [1.165, 1.54) is 26.0 Å².